The van der Waals surface area contributed by atoms with Gasteiger partial charge in [-0.3, -0.25) is 9.80 Å². The standard InChI is InChI=1S/C15H29N3/c1-13-3-2-4-14(6-5-13)18-11-15(12-18)17-9-7-16-8-10-17/h13-16H,2-12H2,1H3. The molecule has 3 nitrogen and oxygen atoms in total. The second kappa shape index (κ2) is 5.89. The highest BCUT2D eigenvalue weighted by Crippen LogP contribution is 2.29. The first-order valence-corrected chi connectivity index (χ1v) is 8.02. The third-order valence-electron chi connectivity index (χ3n) is 5.30. The second-order valence-corrected chi connectivity index (χ2v) is 6.66. The molecule has 2 saturated heterocycles. The lowest BCUT2D eigenvalue weighted by Crippen LogP contribution is -2.64. The van der Waals surface area contributed by atoms with Gasteiger partial charge < -0.3 is 5.32 Å². The molecule has 18 heavy (non-hydrogen) atoms. The molecule has 3 aliphatic rings. The summed E-state index contributed by atoms with van der Waals surface area (Å²) in [6.45, 7) is 10.0. The highest BCUT2D eigenvalue weighted by Gasteiger charge is 2.36. The molecule has 2 heterocycles. The zero-order valence-corrected chi connectivity index (χ0v) is 11.9. The minimum atomic E-state index is 0.868. The Kier molecular flexibility index (Phi) is 4.22. The van der Waals surface area contributed by atoms with E-state index in [0.29, 0.717) is 0 Å². The van der Waals surface area contributed by atoms with Gasteiger partial charge in [0.05, 0.1) is 0 Å². The molecule has 0 radical (unpaired) electrons. The lowest BCUT2D eigenvalue weighted by molar-refractivity contribution is -0.00455. The first kappa shape index (κ1) is 12.9. The highest BCUT2D eigenvalue weighted by atomic mass is 15.3. The summed E-state index contributed by atoms with van der Waals surface area (Å²) < 4.78 is 0. The van der Waals surface area contributed by atoms with Crippen molar-refractivity contribution >= 4 is 0 Å². The second-order valence-electron chi connectivity index (χ2n) is 6.66. The fourth-order valence-corrected chi connectivity index (χ4v) is 3.90. The molecule has 0 aromatic rings. The van der Waals surface area contributed by atoms with Gasteiger partial charge in [0.2, 0.25) is 0 Å². The van der Waals surface area contributed by atoms with E-state index in [1.807, 2.05) is 0 Å². The molecule has 2 unspecified atom stereocenters. The molecule has 3 rings (SSSR count). The van der Waals surface area contributed by atoms with E-state index in [9.17, 15) is 0 Å². The van der Waals surface area contributed by atoms with Crippen LogP contribution in [0.1, 0.15) is 39.0 Å². The first-order valence-electron chi connectivity index (χ1n) is 8.02. The Morgan fingerprint density at radius 1 is 0.833 bits per heavy atom. The lowest BCUT2D eigenvalue weighted by atomic mass is 9.98. The van der Waals surface area contributed by atoms with Gasteiger partial charge in [-0.1, -0.05) is 19.8 Å². The fourth-order valence-electron chi connectivity index (χ4n) is 3.90. The molecule has 0 amide bonds. The van der Waals surface area contributed by atoms with Crippen molar-refractivity contribution in [2.45, 2.75) is 51.1 Å². The topological polar surface area (TPSA) is 18.5 Å². The van der Waals surface area contributed by atoms with Crippen molar-refractivity contribution < 1.29 is 0 Å². The lowest BCUT2D eigenvalue weighted by Gasteiger charge is -2.50. The highest BCUT2D eigenvalue weighted by molar-refractivity contribution is 4.93. The molecule has 0 spiro atoms. The van der Waals surface area contributed by atoms with E-state index in [1.165, 1.54) is 71.4 Å². The molecule has 1 N–H and O–H groups in total. The van der Waals surface area contributed by atoms with Crippen LogP contribution >= 0.6 is 0 Å². The van der Waals surface area contributed by atoms with E-state index in [4.69, 9.17) is 0 Å². The van der Waals surface area contributed by atoms with Crippen molar-refractivity contribution in [1.82, 2.24) is 15.1 Å². The SMILES string of the molecule is CC1CCCC(N2CC(N3CCNCC3)C2)CC1. The van der Waals surface area contributed by atoms with E-state index >= 15 is 0 Å². The monoisotopic (exact) mass is 251 g/mol. The normalized spacial score (nSPS) is 37.2. The Hall–Kier alpha value is -0.120. The summed E-state index contributed by atoms with van der Waals surface area (Å²) in [5, 5.41) is 3.45. The molecule has 0 aromatic carbocycles. The van der Waals surface area contributed by atoms with Crippen LogP contribution in [0.2, 0.25) is 0 Å². The van der Waals surface area contributed by atoms with Crippen LogP contribution in [0, 0.1) is 5.92 Å². The molecule has 2 aliphatic heterocycles. The summed E-state index contributed by atoms with van der Waals surface area (Å²) >= 11 is 0. The average molecular weight is 251 g/mol. The Morgan fingerprint density at radius 2 is 1.61 bits per heavy atom. The number of nitrogens with zero attached hydrogens (tertiary/aromatic N) is 2. The van der Waals surface area contributed by atoms with Crippen LogP contribution in [0.3, 0.4) is 0 Å². The first-order chi connectivity index (χ1) is 8.83. The summed E-state index contributed by atoms with van der Waals surface area (Å²) in [6.07, 6.45) is 7.29. The van der Waals surface area contributed by atoms with Gasteiger partial charge in [0.1, 0.15) is 0 Å². The number of hydrogen-bond acceptors (Lipinski definition) is 3. The fraction of sp³-hybridized carbons (Fsp3) is 1.00. The van der Waals surface area contributed by atoms with Gasteiger partial charge in [-0.2, -0.15) is 0 Å². The van der Waals surface area contributed by atoms with Crippen molar-refractivity contribution in [2.24, 2.45) is 5.92 Å². The van der Waals surface area contributed by atoms with Crippen LogP contribution in [-0.2, 0) is 0 Å². The predicted octanol–water partition coefficient (Wildman–Crippen LogP) is 1.54. The molecular formula is C15H29N3. The van der Waals surface area contributed by atoms with Gasteiger partial charge in [0, 0.05) is 51.4 Å². The van der Waals surface area contributed by atoms with Crippen LogP contribution in [0.5, 0.6) is 0 Å². The number of rotatable bonds is 2. The zero-order chi connectivity index (χ0) is 12.4. The van der Waals surface area contributed by atoms with Crippen molar-refractivity contribution in [3.05, 3.63) is 0 Å². The molecular weight excluding hydrogens is 222 g/mol. The average Bonchev–Trinajstić information content (AvgIpc) is 2.54. The molecule has 104 valence electrons. The van der Waals surface area contributed by atoms with Crippen LogP contribution in [0.15, 0.2) is 0 Å². The molecule has 1 saturated carbocycles. The Bertz CT molecular complexity index is 256. The molecule has 0 aromatic heterocycles. The molecule has 0 bridgehead atoms. The van der Waals surface area contributed by atoms with E-state index in [2.05, 4.69) is 22.0 Å². The third-order valence-corrected chi connectivity index (χ3v) is 5.30. The molecule has 3 heteroatoms. The van der Waals surface area contributed by atoms with Crippen LogP contribution < -0.4 is 5.32 Å². The van der Waals surface area contributed by atoms with E-state index in [1.54, 1.807) is 0 Å². The largest absolute Gasteiger partial charge is 0.314 e. The van der Waals surface area contributed by atoms with Crippen LogP contribution in [0.25, 0.3) is 0 Å². The minimum absolute atomic E-state index is 0.868. The van der Waals surface area contributed by atoms with Gasteiger partial charge in [-0.15, -0.1) is 0 Å². The summed E-state index contributed by atoms with van der Waals surface area (Å²) in [7, 11) is 0. The maximum Gasteiger partial charge on any atom is 0.0351 e. The Labute approximate surface area is 112 Å². The van der Waals surface area contributed by atoms with E-state index in [-0.39, 0.29) is 0 Å². The summed E-state index contributed by atoms with van der Waals surface area (Å²) in [4.78, 5) is 5.47. The van der Waals surface area contributed by atoms with E-state index in [0.717, 1.165) is 18.0 Å². The van der Waals surface area contributed by atoms with Crippen molar-refractivity contribution in [1.29, 1.82) is 0 Å². The predicted molar refractivity (Wildman–Crippen MR) is 75.8 cm³/mol. The summed E-state index contributed by atoms with van der Waals surface area (Å²) in [6, 6.07) is 1.78. The van der Waals surface area contributed by atoms with Crippen molar-refractivity contribution in [3.8, 4) is 0 Å². The van der Waals surface area contributed by atoms with Crippen molar-refractivity contribution in [3.63, 3.8) is 0 Å². The van der Waals surface area contributed by atoms with Gasteiger partial charge in [-0.25, -0.2) is 0 Å². The number of likely N-dealkylation sites (tertiary alicyclic amines) is 1. The smallest absolute Gasteiger partial charge is 0.0351 e. The van der Waals surface area contributed by atoms with Crippen LogP contribution in [0.4, 0.5) is 0 Å². The maximum atomic E-state index is 3.45. The molecule has 2 atom stereocenters. The van der Waals surface area contributed by atoms with Gasteiger partial charge >= 0.3 is 0 Å². The van der Waals surface area contributed by atoms with Gasteiger partial charge in [0.15, 0.2) is 0 Å². The summed E-state index contributed by atoms with van der Waals surface area (Å²) in [5.41, 5.74) is 0. The minimum Gasteiger partial charge on any atom is -0.314 e. The maximum absolute atomic E-state index is 3.45. The number of nitrogens with one attached hydrogen (secondary N) is 1. The zero-order valence-electron chi connectivity index (χ0n) is 11.9. The summed E-state index contributed by atoms with van der Waals surface area (Å²) in [5.74, 6) is 0.972. The van der Waals surface area contributed by atoms with Crippen molar-refractivity contribution in [2.75, 3.05) is 39.3 Å². The van der Waals surface area contributed by atoms with E-state index < -0.39 is 0 Å². The van der Waals surface area contributed by atoms with Gasteiger partial charge in [0.25, 0.3) is 0 Å². The molecule has 1 aliphatic carbocycles. The Morgan fingerprint density at radius 3 is 2.39 bits per heavy atom. The Balaban J connectivity index is 1.43. The number of hydrogen-bond donors (Lipinski definition) is 1. The quantitative estimate of drug-likeness (QED) is 0.751. The van der Waals surface area contributed by atoms with Crippen LogP contribution in [-0.4, -0.2) is 61.2 Å². The van der Waals surface area contributed by atoms with Gasteiger partial charge in [-0.05, 0) is 25.2 Å². The third kappa shape index (κ3) is 2.89. The number of piperazine rings is 1. The molecule has 3 fully saturated rings.